The molecule has 2 heterocycles. The fourth-order valence-electron chi connectivity index (χ4n) is 1.92. The monoisotopic (exact) mass is 290 g/mol. The summed E-state index contributed by atoms with van der Waals surface area (Å²) in [7, 11) is 0. The Morgan fingerprint density at radius 2 is 2.25 bits per heavy atom. The normalized spacial score (nSPS) is 11.8. The second kappa shape index (κ2) is 6.49. The maximum absolute atomic E-state index is 8.75. The number of nitrogens with one attached hydrogen (secondary N) is 1. The number of hydrogen-bond acceptors (Lipinski definition) is 5. The molecule has 2 aromatic heterocycles. The van der Waals surface area contributed by atoms with E-state index >= 15 is 0 Å². The van der Waals surface area contributed by atoms with Crippen molar-refractivity contribution >= 4 is 17.2 Å². The molecule has 0 amide bonds. The fraction of sp³-hybridized carbons (Fsp3) is 0.286. The molecule has 0 spiro atoms. The molecule has 2 aromatic rings. The predicted molar refractivity (Wildman–Crippen MR) is 81.1 cm³/mol. The molecular formula is C14H18N4OS. The van der Waals surface area contributed by atoms with Gasteiger partial charge in [-0.2, -0.15) is 0 Å². The van der Waals surface area contributed by atoms with Gasteiger partial charge < -0.3 is 16.3 Å². The van der Waals surface area contributed by atoms with E-state index in [0.717, 1.165) is 12.1 Å². The lowest BCUT2D eigenvalue weighted by atomic mass is 10.2. The molecule has 0 radical (unpaired) electrons. The van der Waals surface area contributed by atoms with E-state index in [1.807, 2.05) is 12.1 Å². The molecule has 0 aliphatic rings. The van der Waals surface area contributed by atoms with Crippen molar-refractivity contribution in [3.05, 3.63) is 51.0 Å². The number of hydrogen-bond donors (Lipinski definition) is 3. The number of oxime groups is 1. The molecule has 0 unspecified atom stereocenters. The lowest BCUT2D eigenvalue weighted by Gasteiger charge is -2.07. The molecule has 0 atom stereocenters. The summed E-state index contributed by atoms with van der Waals surface area (Å²) in [5.41, 5.74) is 8.36. The van der Waals surface area contributed by atoms with Crippen LogP contribution in [0.3, 0.4) is 0 Å². The Balaban J connectivity index is 2.01. The van der Waals surface area contributed by atoms with Crippen molar-refractivity contribution in [2.24, 2.45) is 10.9 Å². The van der Waals surface area contributed by atoms with Crippen LogP contribution in [0.4, 0.5) is 0 Å². The van der Waals surface area contributed by atoms with Gasteiger partial charge in [-0.3, -0.25) is 4.98 Å². The molecule has 2 rings (SSSR count). The Bertz CT molecular complexity index is 602. The average Bonchev–Trinajstić information content (AvgIpc) is 2.77. The Labute approximate surface area is 122 Å². The van der Waals surface area contributed by atoms with Crippen molar-refractivity contribution in [1.82, 2.24) is 10.3 Å². The number of nitrogens with zero attached hydrogens (tertiary/aromatic N) is 2. The summed E-state index contributed by atoms with van der Waals surface area (Å²) in [6.07, 6.45) is 1.63. The third-order valence-corrected chi connectivity index (χ3v) is 4.23. The highest BCUT2D eigenvalue weighted by Gasteiger charge is 2.08. The SMILES string of the molecule is Cc1cc(CNCc2cccnc2C(N)=NO)sc1C. The predicted octanol–water partition coefficient (Wildman–Crippen LogP) is 2.14. The molecular weight excluding hydrogens is 272 g/mol. The van der Waals surface area contributed by atoms with E-state index in [1.54, 1.807) is 17.5 Å². The number of rotatable bonds is 5. The molecule has 0 aromatic carbocycles. The minimum atomic E-state index is 0.0326. The molecule has 5 nitrogen and oxygen atoms in total. The summed E-state index contributed by atoms with van der Waals surface area (Å²) < 4.78 is 0. The Hall–Kier alpha value is -1.92. The summed E-state index contributed by atoms with van der Waals surface area (Å²) in [5.74, 6) is 0.0326. The zero-order chi connectivity index (χ0) is 14.5. The summed E-state index contributed by atoms with van der Waals surface area (Å²) in [4.78, 5) is 6.79. The second-order valence-corrected chi connectivity index (χ2v) is 5.89. The van der Waals surface area contributed by atoms with Crippen LogP contribution in [0.2, 0.25) is 0 Å². The van der Waals surface area contributed by atoms with E-state index < -0.39 is 0 Å². The van der Waals surface area contributed by atoms with E-state index in [2.05, 4.69) is 35.4 Å². The summed E-state index contributed by atoms with van der Waals surface area (Å²) >= 11 is 1.80. The Morgan fingerprint density at radius 3 is 2.90 bits per heavy atom. The van der Waals surface area contributed by atoms with Crippen molar-refractivity contribution in [3.63, 3.8) is 0 Å². The van der Waals surface area contributed by atoms with Gasteiger partial charge in [-0.1, -0.05) is 11.2 Å². The highest BCUT2D eigenvalue weighted by atomic mass is 32.1. The van der Waals surface area contributed by atoms with Crippen molar-refractivity contribution in [2.45, 2.75) is 26.9 Å². The molecule has 20 heavy (non-hydrogen) atoms. The molecule has 6 heteroatoms. The first-order valence-corrected chi connectivity index (χ1v) is 7.12. The van der Waals surface area contributed by atoms with Gasteiger partial charge in [-0.15, -0.1) is 11.3 Å². The van der Waals surface area contributed by atoms with Gasteiger partial charge in [0.15, 0.2) is 5.84 Å². The first-order chi connectivity index (χ1) is 9.61. The standard InChI is InChI=1S/C14H18N4OS/c1-9-6-12(20-10(9)2)8-16-7-11-4-3-5-17-13(11)14(15)18-19/h3-6,16,19H,7-8H2,1-2H3,(H2,15,18). The number of amidine groups is 1. The van der Waals surface area contributed by atoms with Crippen LogP contribution in [-0.2, 0) is 13.1 Å². The lowest BCUT2D eigenvalue weighted by Crippen LogP contribution is -2.21. The maximum atomic E-state index is 8.75. The van der Waals surface area contributed by atoms with E-state index in [1.165, 1.54) is 15.3 Å². The third-order valence-electron chi connectivity index (χ3n) is 3.07. The van der Waals surface area contributed by atoms with Gasteiger partial charge in [0.05, 0.1) is 0 Å². The van der Waals surface area contributed by atoms with Crippen molar-refractivity contribution in [1.29, 1.82) is 0 Å². The van der Waals surface area contributed by atoms with Crippen LogP contribution >= 0.6 is 11.3 Å². The molecule has 0 aliphatic heterocycles. The highest BCUT2D eigenvalue weighted by Crippen LogP contribution is 2.20. The van der Waals surface area contributed by atoms with E-state index in [4.69, 9.17) is 10.9 Å². The van der Waals surface area contributed by atoms with Gasteiger partial charge >= 0.3 is 0 Å². The second-order valence-electron chi connectivity index (χ2n) is 4.55. The van der Waals surface area contributed by atoms with Gasteiger partial charge in [0, 0.05) is 29.0 Å². The summed E-state index contributed by atoms with van der Waals surface area (Å²) in [6, 6.07) is 5.95. The maximum Gasteiger partial charge on any atom is 0.189 e. The van der Waals surface area contributed by atoms with Crippen LogP contribution in [0.15, 0.2) is 29.6 Å². The lowest BCUT2D eigenvalue weighted by molar-refractivity contribution is 0.318. The van der Waals surface area contributed by atoms with Gasteiger partial charge in [-0.05, 0) is 37.1 Å². The third kappa shape index (κ3) is 3.34. The number of pyridine rings is 1. The number of nitrogens with two attached hydrogens (primary N) is 1. The summed E-state index contributed by atoms with van der Waals surface area (Å²) in [6.45, 7) is 5.66. The van der Waals surface area contributed by atoms with Crippen molar-refractivity contribution in [2.75, 3.05) is 0 Å². The topological polar surface area (TPSA) is 83.5 Å². The highest BCUT2D eigenvalue weighted by molar-refractivity contribution is 7.12. The van der Waals surface area contributed by atoms with Crippen LogP contribution in [0.5, 0.6) is 0 Å². The van der Waals surface area contributed by atoms with Crippen molar-refractivity contribution < 1.29 is 5.21 Å². The van der Waals surface area contributed by atoms with Gasteiger partial charge in [-0.25, -0.2) is 0 Å². The molecule has 0 fully saturated rings. The quantitative estimate of drug-likeness (QED) is 0.341. The first kappa shape index (κ1) is 14.5. The number of aromatic nitrogens is 1. The molecule has 4 N–H and O–H groups in total. The smallest absolute Gasteiger partial charge is 0.189 e. The van der Waals surface area contributed by atoms with Crippen LogP contribution in [0, 0.1) is 13.8 Å². The minimum absolute atomic E-state index is 0.0326. The molecule has 0 aliphatic carbocycles. The molecule has 106 valence electrons. The van der Waals surface area contributed by atoms with Crippen LogP contribution < -0.4 is 11.1 Å². The van der Waals surface area contributed by atoms with E-state index in [9.17, 15) is 0 Å². The Kier molecular flexibility index (Phi) is 4.70. The van der Waals surface area contributed by atoms with Crippen LogP contribution in [0.25, 0.3) is 0 Å². The zero-order valence-corrected chi connectivity index (χ0v) is 12.4. The number of aryl methyl sites for hydroxylation is 2. The average molecular weight is 290 g/mol. The molecule has 0 saturated carbocycles. The summed E-state index contributed by atoms with van der Waals surface area (Å²) in [5, 5.41) is 15.1. The number of thiophene rings is 1. The minimum Gasteiger partial charge on any atom is -0.409 e. The van der Waals surface area contributed by atoms with Gasteiger partial charge in [0.2, 0.25) is 0 Å². The van der Waals surface area contributed by atoms with Crippen LogP contribution in [-0.4, -0.2) is 16.0 Å². The van der Waals surface area contributed by atoms with Gasteiger partial charge in [0.25, 0.3) is 0 Å². The van der Waals surface area contributed by atoms with E-state index in [0.29, 0.717) is 12.2 Å². The zero-order valence-electron chi connectivity index (χ0n) is 11.6. The molecule has 0 bridgehead atoms. The first-order valence-electron chi connectivity index (χ1n) is 6.30. The van der Waals surface area contributed by atoms with Crippen molar-refractivity contribution in [3.8, 4) is 0 Å². The largest absolute Gasteiger partial charge is 0.409 e. The fourth-order valence-corrected chi connectivity index (χ4v) is 2.94. The Morgan fingerprint density at radius 1 is 1.45 bits per heavy atom. The van der Waals surface area contributed by atoms with Gasteiger partial charge in [0.1, 0.15) is 5.69 Å². The molecule has 0 saturated heterocycles. The van der Waals surface area contributed by atoms with Crippen LogP contribution in [0.1, 0.15) is 26.6 Å². The van der Waals surface area contributed by atoms with E-state index in [-0.39, 0.29) is 5.84 Å².